The number of aliphatic hydroxyl groups excluding tert-OH is 1. The van der Waals surface area contributed by atoms with Crippen molar-refractivity contribution < 1.29 is 29.1 Å². The maximum absolute atomic E-state index is 12.7. The van der Waals surface area contributed by atoms with Crippen molar-refractivity contribution in [3.63, 3.8) is 0 Å². The first-order valence-corrected chi connectivity index (χ1v) is 9.64. The van der Waals surface area contributed by atoms with E-state index in [1.165, 1.54) is 11.2 Å². The molecule has 4 amide bonds. The first-order valence-electron chi connectivity index (χ1n) is 9.64. The van der Waals surface area contributed by atoms with Gasteiger partial charge in [0.15, 0.2) is 0 Å². The van der Waals surface area contributed by atoms with Crippen molar-refractivity contribution in [1.29, 1.82) is 0 Å². The van der Waals surface area contributed by atoms with E-state index in [1.54, 1.807) is 6.92 Å². The van der Waals surface area contributed by atoms with Gasteiger partial charge in [-0.05, 0) is 18.8 Å². The molecule has 4 unspecified atom stereocenters. The molecule has 0 aromatic heterocycles. The zero-order chi connectivity index (χ0) is 22.0. The number of nitrogens with two attached hydrogens (primary N) is 1. The molecule has 29 heavy (non-hydrogen) atoms. The first-order chi connectivity index (χ1) is 13.8. The minimum Gasteiger partial charge on any atom is -0.394 e. The standard InChI is InChI=1S/C18H30N5O6/c1-3-11(2)16(18(29)20-8-14(26)21-12(9-24)10-25)22-17(28)13-5-4-6-23(13)15(27)7-19/h11-13,16,24H,3-9,19H2,1-2H3,(H,20,29)(H,21,26)(H,22,28). The lowest BCUT2D eigenvalue weighted by Gasteiger charge is -2.28. The molecule has 1 heterocycles. The fourth-order valence-corrected chi connectivity index (χ4v) is 3.04. The van der Waals surface area contributed by atoms with Gasteiger partial charge in [0.05, 0.1) is 19.7 Å². The highest BCUT2D eigenvalue weighted by molar-refractivity contribution is 5.94. The second-order valence-corrected chi connectivity index (χ2v) is 6.96. The van der Waals surface area contributed by atoms with Crippen LogP contribution >= 0.6 is 0 Å². The van der Waals surface area contributed by atoms with Crippen molar-refractivity contribution in [1.82, 2.24) is 20.9 Å². The first kappa shape index (κ1) is 24.5. The van der Waals surface area contributed by atoms with Crippen molar-refractivity contribution in [3.05, 3.63) is 0 Å². The largest absolute Gasteiger partial charge is 0.394 e. The molecule has 0 bridgehead atoms. The van der Waals surface area contributed by atoms with Crippen molar-refractivity contribution in [2.75, 3.05) is 26.2 Å². The zero-order valence-corrected chi connectivity index (χ0v) is 16.8. The van der Waals surface area contributed by atoms with E-state index in [2.05, 4.69) is 16.0 Å². The van der Waals surface area contributed by atoms with Crippen LogP contribution in [0.3, 0.4) is 0 Å². The molecule has 0 aromatic rings. The second-order valence-electron chi connectivity index (χ2n) is 6.96. The van der Waals surface area contributed by atoms with E-state index in [-0.39, 0.29) is 18.4 Å². The van der Waals surface area contributed by atoms with Crippen molar-refractivity contribution in [2.24, 2.45) is 11.7 Å². The number of carbonyl (C=O) groups is 4. The third kappa shape index (κ3) is 7.09. The summed E-state index contributed by atoms with van der Waals surface area (Å²) >= 11 is 0. The quantitative estimate of drug-likeness (QED) is 0.243. The Morgan fingerprint density at radius 3 is 2.52 bits per heavy atom. The monoisotopic (exact) mass is 412 g/mol. The molecule has 6 N–H and O–H groups in total. The predicted molar refractivity (Wildman–Crippen MR) is 103 cm³/mol. The lowest BCUT2D eigenvalue weighted by Crippen LogP contribution is -2.56. The van der Waals surface area contributed by atoms with Gasteiger partial charge in [-0.3, -0.25) is 24.0 Å². The molecule has 0 aromatic carbocycles. The summed E-state index contributed by atoms with van der Waals surface area (Å²) in [5.74, 6) is -2.23. The van der Waals surface area contributed by atoms with Crippen LogP contribution in [0, 0.1) is 5.92 Å². The molecule has 4 atom stereocenters. The van der Waals surface area contributed by atoms with Gasteiger partial charge in [0, 0.05) is 6.54 Å². The third-order valence-corrected chi connectivity index (χ3v) is 4.93. The van der Waals surface area contributed by atoms with Gasteiger partial charge in [-0.2, -0.15) is 0 Å². The molecular formula is C18H30N5O6. The average Bonchev–Trinajstić information content (AvgIpc) is 3.22. The number of likely N-dealkylation sites (tertiary alicyclic amines) is 1. The molecule has 1 aliphatic rings. The van der Waals surface area contributed by atoms with Gasteiger partial charge in [-0.15, -0.1) is 0 Å². The smallest absolute Gasteiger partial charge is 0.243 e. The molecule has 1 aliphatic heterocycles. The number of amides is 4. The third-order valence-electron chi connectivity index (χ3n) is 4.93. The summed E-state index contributed by atoms with van der Waals surface area (Å²) in [6, 6.07) is -2.75. The van der Waals surface area contributed by atoms with E-state index in [9.17, 15) is 24.0 Å². The van der Waals surface area contributed by atoms with Crippen LogP contribution in [0.2, 0.25) is 0 Å². The number of aliphatic hydroxyl groups is 1. The molecule has 1 radical (unpaired) electrons. The molecular weight excluding hydrogens is 382 g/mol. The summed E-state index contributed by atoms with van der Waals surface area (Å²) < 4.78 is 0. The molecule has 1 rings (SSSR count). The molecule has 163 valence electrons. The molecule has 0 spiro atoms. The number of hydrogen-bond acceptors (Lipinski definition) is 7. The molecule has 0 saturated carbocycles. The summed E-state index contributed by atoms with van der Waals surface area (Å²) in [5.41, 5.74) is 5.39. The molecule has 11 heteroatoms. The normalized spacial score (nSPS) is 19.0. The van der Waals surface area contributed by atoms with Crippen LogP contribution in [-0.2, 0) is 24.0 Å². The Morgan fingerprint density at radius 2 is 1.97 bits per heavy atom. The van der Waals surface area contributed by atoms with Crippen molar-refractivity contribution in [3.8, 4) is 0 Å². The number of rotatable bonds is 11. The summed E-state index contributed by atoms with van der Waals surface area (Å²) in [6.07, 6.45) is 3.20. The van der Waals surface area contributed by atoms with E-state index >= 15 is 0 Å². The van der Waals surface area contributed by atoms with E-state index in [4.69, 9.17) is 10.8 Å². The van der Waals surface area contributed by atoms with Crippen LogP contribution in [0.5, 0.6) is 0 Å². The number of carbonyl (C=O) groups excluding carboxylic acids is 5. The Bertz CT molecular complexity index is 614. The maximum Gasteiger partial charge on any atom is 0.243 e. The maximum atomic E-state index is 12.7. The number of nitrogens with zero attached hydrogens (tertiary/aromatic N) is 1. The topological polar surface area (TPSA) is 171 Å². The van der Waals surface area contributed by atoms with E-state index < -0.39 is 49.0 Å². The number of hydrogen-bond donors (Lipinski definition) is 5. The van der Waals surface area contributed by atoms with Gasteiger partial charge in [0.1, 0.15) is 18.1 Å². The van der Waals surface area contributed by atoms with E-state index in [0.29, 0.717) is 25.8 Å². The van der Waals surface area contributed by atoms with Crippen molar-refractivity contribution >= 4 is 29.9 Å². The van der Waals surface area contributed by atoms with E-state index in [1.807, 2.05) is 6.92 Å². The zero-order valence-electron chi connectivity index (χ0n) is 16.8. The summed E-state index contributed by atoms with van der Waals surface area (Å²) in [6.45, 7) is 2.85. The van der Waals surface area contributed by atoms with Gasteiger partial charge in [0.2, 0.25) is 29.9 Å². The van der Waals surface area contributed by atoms with Gasteiger partial charge >= 0.3 is 0 Å². The Morgan fingerprint density at radius 1 is 1.28 bits per heavy atom. The Kier molecular flexibility index (Phi) is 10.2. The Labute approximate surface area is 169 Å². The van der Waals surface area contributed by atoms with Crippen LogP contribution in [-0.4, -0.2) is 84.3 Å². The lowest BCUT2D eigenvalue weighted by atomic mass is 9.97. The lowest BCUT2D eigenvalue weighted by molar-refractivity contribution is -0.139. The average molecular weight is 412 g/mol. The molecule has 1 fully saturated rings. The minimum atomic E-state index is -1.17. The summed E-state index contributed by atoms with van der Waals surface area (Å²) in [4.78, 5) is 60.9. The summed E-state index contributed by atoms with van der Waals surface area (Å²) in [7, 11) is 0. The highest BCUT2D eigenvalue weighted by Crippen LogP contribution is 2.18. The van der Waals surface area contributed by atoms with Crippen LogP contribution in [0.1, 0.15) is 33.1 Å². The van der Waals surface area contributed by atoms with Gasteiger partial charge in [-0.25, -0.2) is 0 Å². The fraction of sp³-hybridized carbons (Fsp3) is 0.722. The minimum absolute atomic E-state index is 0.193. The van der Waals surface area contributed by atoms with Crippen LogP contribution in [0.25, 0.3) is 0 Å². The van der Waals surface area contributed by atoms with Crippen LogP contribution in [0.4, 0.5) is 0 Å². The van der Waals surface area contributed by atoms with Gasteiger partial charge < -0.3 is 31.7 Å². The highest BCUT2D eigenvalue weighted by Gasteiger charge is 2.36. The fourth-order valence-electron chi connectivity index (χ4n) is 3.04. The SMILES string of the molecule is CCC(C)C(NC(=O)C1CCCN1C(=O)CN)C(=O)NCC(=O)NC([C]=O)CO. The Hall–Kier alpha value is -2.53. The Balaban J connectivity index is 2.72. The van der Waals surface area contributed by atoms with Crippen molar-refractivity contribution in [2.45, 2.75) is 51.2 Å². The van der Waals surface area contributed by atoms with Gasteiger partial charge in [-0.1, -0.05) is 20.3 Å². The molecule has 0 aliphatic carbocycles. The highest BCUT2D eigenvalue weighted by atomic mass is 16.3. The van der Waals surface area contributed by atoms with Gasteiger partial charge in [0.25, 0.3) is 0 Å². The predicted octanol–water partition coefficient (Wildman–Crippen LogP) is -2.83. The van der Waals surface area contributed by atoms with Crippen LogP contribution < -0.4 is 21.7 Å². The second kappa shape index (κ2) is 12.1. The molecule has 1 saturated heterocycles. The van der Waals surface area contributed by atoms with E-state index in [0.717, 1.165) is 0 Å². The molecule has 11 nitrogen and oxygen atoms in total. The van der Waals surface area contributed by atoms with Crippen LogP contribution in [0.15, 0.2) is 0 Å². The summed E-state index contributed by atoms with van der Waals surface area (Å²) in [5, 5.41) is 16.2. The number of nitrogens with one attached hydrogen (secondary N) is 3.